The lowest BCUT2D eigenvalue weighted by Crippen LogP contribution is -2.46. The van der Waals surface area contributed by atoms with Crippen LogP contribution in [0.2, 0.25) is 0 Å². The fourth-order valence-electron chi connectivity index (χ4n) is 8.01. The Morgan fingerprint density at radius 1 is 0.964 bits per heavy atom. The SMILES string of the molecule is CC(C)CCC[C@@H](C)C1CCC2C3=CC=C4CC(O)CCC4(C)C3CCC21C. The quantitative estimate of drug-likeness (QED) is 0.527. The molecule has 4 rings (SSSR count). The van der Waals surface area contributed by atoms with Gasteiger partial charge in [-0.15, -0.1) is 0 Å². The van der Waals surface area contributed by atoms with E-state index in [4.69, 9.17) is 0 Å². The molecule has 4 aliphatic rings. The van der Waals surface area contributed by atoms with Crippen LogP contribution in [0, 0.1) is 40.4 Å². The van der Waals surface area contributed by atoms with Crippen LogP contribution in [-0.2, 0) is 0 Å². The minimum Gasteiger partial charge on any atom is -0.393 e. The number of aliphatic hydroxyl groups excluding tert-OH is 1. The zero-order chi connectivity index (χ0) is 20.1. The molecule has 0 heterocycles. The molecular weight excluding hydrogens is 340 g/mol. The highest BCUT2D eigenvalue weighted by molar-refractivity contribution is 5.38. The van der Waals surface area contributed by atoms with E-state index in [1.54, 1.807) is 11.1 Å². The Kier molecular flexibility index (Phi) is 5.62. The summed E-state index contributed by atoms with van der Waals surface area (Å²) in [5.74, 6) is 4.19. The van der Waals surface area contributed by atoms with Gasteiger partial charge in [-0.25, -0.2) is 0 Å². The van der Waals surface area contributed by atoms with Crippen molar-refractivity contribution in [3.05, 3.63) is 23.3 Å². The molecule has 0 aromatic rings. The number of allylic oxidation sites excluding steroid dienone is 3. The van der Waals surface area contributed by atoms with Gasteiger partial charge in [0.05, 0.1) is 6.10 Å². The standard InChI is InChI=1S/C27H44O/c1-18(2)7-6-8-19(3)23-11-12-24-22-10-9-20-17-21(28)13-15-26(20,4)25(22)14-16-27(23,24)5/h9-10,18-19,21,23-25,28H,6-8,11-17H2,1-5H3/t19-,21?,23?,24?,25?,26?,27?/m1/s1. The predicted molar refractivity (Wildman–Crippen MR) is 119 cm³/mol. The second kappa shape index (κ2) is 7.60. The van der Waals surface area contributed by atoms with Gasteiger partial charge >= 0.3 is 0 Å². The van der Waals surface area contributed by atoms with E-state index >= 15 is 0 Å². The van der Waals surface area contributed by atoms with Crippen LogP contribution in [0.3, 0.4) is 0 Å². The molecule has 1 nitrogen and oxygen atoms in total. The summed E-state index contributed by atoms with van der Waals surface area (Å²) >= 11 is 0. The molecule has 0 aromatic heterocycles. The van der Waals surface area contributed by atoms with Gasteiger partial charge in [-0.3, -0.25) is 0 Å². The molecule has 0 saturated heterocycles. The van der Waals surface area contributed by atoms with Gasteiger partial charge in [0.1, 0.15) is 0 Å². The van der Waals surface area contributed by atoms with E-state index in [-0.39, 0.29) is 6.10 Å². The molecule has 7 atom stereocenters. The van der Waals surface area contributed by atoms with Gasteiger partial charge in [-0.2, -0.15) is 0 Å². The molecule has 6 unspecified atom stereocenters. The Hall–Kier alpha value is -0.560. The maximum absolute atomic E-state index is 10.2. The van der Waals surface area contributed by atoms with Crippen molar-refractivity contribution in [2.75, 3.05) is 0 Å². The Labute approximate surface area is 174 Å². The average Bonchev–Trinajstić information content (AvgIpc) is 2.99. The van der Waals surface area contributed by atoms with Crippen molar-refractivity contribution in [3.8, 4) is 0 Å². The molecular formula is C27H44O. The largest absolute Gasteiger partial charge is 0.393 e. The summed E-state index contributed by atoms with van der Waals surface area (Å²) in [4.78, 5) is 0. The maximum atomic E-state index is 10.2. The molecule has 4 aliphatic carbocycles. The Morgan fingerprint density at radius 2 is 1.75 bits per heavy atom. The Morgan fingerprint density at radius 3 is 2.50 bits per heavy atom. The Bertz CT molecular complexity index is 643. The lowest BCUT2D eigenvalue weighted by Gasteiger charge is -2.55. The van der Waals surface area contributed by atoms with Gasteiger partial charge in [-0.1, -0.05) is 77.2 Å². The van der Waals surface area contributed by atoms with Crippen molar-refractivity contribution in [1.82, 2.24) is 0 Å². The molecule has 1 N–H and O–H groups in total. The van der Waals surface area contributed by atoms with Crippen molar-refractivity contribution in [2.45, 2.75) is 105 Å². The van der Waals surface area contributed by atoms with Crippen LogP contribution in [-0.4, -0.2) is 11.2 Å². The monoisotopic (exact) mass is 384 g/mol. The molecule has 0 bridgehead atoms. The molecule has 1 heteroatoms. The molecule has 3 saturated carbocycles. The third-order valence-corrected chi connectivity index (χ3v) is 9.75. The molecule has 0 radical (unpaired) electrons. The second-order valence-corrected chi connectivity index (χ2v) is 11.8. The predicted octanol–water partition coefficient (Wildman–Crippen LogP) is 7.31. The number of aliphatic hydroxyl groups is 1. The van der Waals surface area contributed by atoms with Crippen molar-refractivity contribution in [1.29, 1.82) is 0 Å². The van der Waals surface area contributed by atoms with Crippen LogP contribution >= 0.6 is 0 Å². The number of hydrogen-bond donors (Lipinski definition) is 1. The summed E-state index contributed by atoms with van der Waals surface area (Å²) < 4.78 is 0. The third kappa shape index (κ3) is 3.34. The molecule has 0 aliphatic heterocycles. The van der Waals surface area contributed by atoms with Crippen LogP contribution in [0.25, 0.3) is 0 Å². The first-order valence-corrected chi connectivity index (χ1v) is 12.3. The molecule has 0 spiro atoms. The Balaban J connectivity index is 1.53. The summed E-state index contributed by atoms with van der Waals surface area (Å²) in [5.41, 5.74) is 4.19. The lowest BCUT2D eigenvalue weighted by molar-refractivity contribution is 0.0323. The summed E-state index contributed by atoms with van der Waals surface area (Å²) in [6, 6.07) is 0. The average molecular weight is 385 g/mol. The molecule has 0 aromatic carbocycles. The van der Waals surface area contributed by atoms with Gasteiger partial charge in [0.15, 0.2) is 0 Å². The second-order valence-electron chi connectivity index (χ2n) is 11.8. The van der Waals surface area contributed by atoms with Gasteiger partial charge in [0.2, 0.25) is 0 Å². The van der Waals surface area contributed by atoms with E-state index < -0.39 is 0 Å². The van der Waals surface area contributed by atoms with Crippen molar-refractivity contribution in [3.63, 3.8) is 0 Å². The zero-order valence-corrected chi connectivity index (χ0v) is 19.1. The van der Waals surface area contributed by atoms with Gasteiger partial charge in [-0.05, 0) is 85.4 Å². The number of hydrogen-bond acceptors (Lipinski definition) is 1. The van der Waals surface area contributed by atoms with Crippen molar-refractivity contribution in [2.24, 2.45) is 40.4 Å². The summed E-state index contributed by atoms with van der Waals surface area (Å²) in [6.07, 6.45) is 17.8. The topological polar surface area (TPSA) is 20.2 Å². The summed E-state index contributed by atoms with van der Waals surface area (Å²) in [5, 5.41) is 10.2. The van der Waals surface area contributed by atoms with E-state index in [1.807, 2.05) is 0 Å². The highest BCUT2D eigenvalue weighted by Gasteiger charge is 2.56. The van der Waals surface area contributed by atoms with Crippen LogP contribution in [0.5, 0.6) is 0 Å². The minimum absolute atomic E-state index is 0.106. The summed E-state index contributed by atoms with van der Waals surface area (Å²) in [6.45, 7) is 12.5. The van der Waals surface area contributed by atoms with Crippen molar-refractivity contribution < 1.29 is 5.11 Å². The van der Waals surface area contributed by atoms with Crippen molar-refractivity contribution >= 4 is 0 Å². The molecule has 3 fully saturated rings. The van der Waals surface area contributed by atoms with Crippen LogP contribution in [0.4, 0.5) is 0 Å². The highest BCUT2D eigenvalue weighted by Crippen LogP contribution is 2.66. The first-order chi connectivity index (χ1) is 13.3. The van der Waals surface area contributed by atoms with Gasteiger partial charge in [0.25, 0.3) is 0 Å². The third-order valence-electron chi connectivity index (χ3n) is 9.75. The first-order valence-electron chi connectivity index (χ1n) is 12.3. The van der Waals surface area contributed by atoms with Gasteiger partial charge < -0.3 is 5.11 Å². The lowest BCUT2D eigenvalue weighted by atomic mass is 9.50. The normalized spacial score (nSPS) is 43.7. The minimum atomic E-state index is -0.106. The van der Waals surface area contributed by atoms with E-state index in [0.717, 1.165) is 42.4 Å². The smallest absolute Gasteiger partial charge is 0.0578 e. The van der Waals surface area contributed by atoms with E-state index in [9.17, 15) is 5.11 Å². The molecule has 0 amide bonds. The van der Waals surface area contributed by atoms with E-state index in [0.29, 0.717) is 10.8 Å². The van der Waals surface area contributed by atoms with E-state index in [2.05, 4.69) is 46.8 Å². The molecule has 28 heavy (non-hydrogen) atoms. The van der Waals surface area contributed by atoms with Crippen LogP contribution < -0.4 is 0 Å². The highest BCUT2D eigenvalue weighted by atomic mass is 16.3. The summed E-state index contributed by atoms with van der Waals surface area (Å²) in [7, 11) is 0. The van der Waals surface area contributed by atoms with Crippen LogP contribution in [0.1, 0.15) is 98.8 Å². The van der Waals surface area contributed by atoms with Crippen LogP contribution in [0.15, 0.2) is 23.3 Å². The number of rotatable bonds is 5. The van der Waals surface area contributed by atoms with Gasteiger partial charge in [0, 0.05) is 0 Å². The first kappa shape index (κ1) is 20.7. The fourth-order valence-corrected chi connectivity index (χ4v) is 8.01. The molecule has 158 valence electrons. The zero-order valence-electron chi connectivity index (χ0n) is 19.1. The fraction of sp³-hybridized carbons (Fsp3) is 0.852. The number of fused-ring (bicyclic) bond motifs is 5. The maximum Gasteiger partial charge on any atom is 0.0578 e. The van der Waals surface area contributed by atoms with E-state index in [1.165, 1.54) is 51.4 Å².